The number of hydrogen-bond donors (Lipinski definition) is 1. The second kappa shape index (κ2) is 5.62. The Balaban J connectivity index is 0.00000121. The van der Waals surface area contributed by atoms with Gasteiger partial charge < -0.3 is 10.1 Å². The summed E-state index contributed by atoms with van der Waals surface area (Å²) < 4.78 is 4.60. The lowest BCUT2D eigenvalue weighted by Gasteiger charge is -2.40. The van der Waals surface area contributed by atoms with E-state index in [2.05, 4.69) is 10.1 Å². The third-order valence-electron chi connectivity index (χ3n) is 2.10. The Bertz CT molecular complexity index is 134. The van der Waals surface area contributed by atoms with Crippen LogP contribution >= 0.6 is 24.0 Å². The molecule has 72 valence electrons. The number of rotatable bonds is 5. The van der Waals surface area contributed by atoms with E-state index in [-0.39, 0.29) is 17.8 Å². The second-order valence-electron chi connectivity index (χ2n) is 2.95. The molecule has 3 nitrogen and oxygen atoms in total. The Morgan fingerprint density at radius 2 is 2.25 bits per heavy atom. The number of hydrogen-bond acceptors (Lipinski definition) is 3. The van der Waals surface area contributed by atoms with Crippen LogP contribution in [-0.2, 0) is 9.53 Å². The summed E-state index contributed by atoms with van der Waals surface area (Å²) in [5, 5.41) is 3.15. The molecule has 1 aliphatic heterocycles. The molecule has 0 bridgehead atoms. The van der Waals surface area contributed by atoms with Crippen LogP contribution in [0.15, 0.2) is 0 Å². The number of nitrogens with one attached hydrogen (secondary N) is 1. The monoisotopic (exact) mass is 213 g/mol. The van der Waals surface area contributed by atoms with Crippen LogP contribution in [0.1, 0.15) is 6.42 Å². The summed E-state index contributed by atoms with van der Waals surface area (Å²) in [6.45, 7) is 2.85. The maximum Gasteiger partial charge on any atom is 0.293 e. The number of alkyl halides is 1. The first-order valence-electron chi connectivity index (χ1n) is 3.65. The van der Waals surface area contributed by atoms with Crippen molar-refractivity contribution in [2.45, 2.75) is 6.42 Å². The first-order chi connectivity index (χ1) is 5.33. The first kappa shape index (κ1) is 12.0. The van der Waals surface area contributed by atoms with Gasteiger partial charge in [-0.15, -0.1) is 24.0 Å². The zero-order valence-electron chi connectivity index (χ0n) is 6.72. The largest absolute Gasteiger partial charge is 0.468 e. The van der Waals surface area contributed by atoms with E-state index in [1.54, 1.807) is 0 Å². The number of ether oxygens (including phenoxy) is 1. The normalized spacial score (nSPS) is 18.8. The Morgan fingerprint density at radius 3 is 2.58 bits per heavy atom. The summed E-state index contributed by atoms with van der Waals surface area (Å²) in [5.74, 6) is 0.641. The molecule has 1 rings (SSSR count). The lowest BCUT2D eigenvalue weighted by Crippen LogP contribution is -2.55. The zero-order chi connectivity index (χ0) is 8.16. The molecule has 1 aliphatic rings. The van der Waals surface area contributed by atoms with Gasteiger partial charge in [0.05, 0.1) is 6.61 Å². The van der Waals surface area contributed by atoms with E-state index in [0.717, 1.165) is 19.5 Å². The van der Waals surface area contributed by atoms with Crippen LogP contribution in [0.5, 0.6) is 0 Å². The zero-order valence-corrected chi connectivity index (χ0v) is 8.29. The molecule has 0 aromatic rings. The molecule has 1 N–H and O–H groups in total. The van der Waals surface area contributed by atoms with Crippen molar-refractivity contribution in [3.63, 3.8) is 0 Å². The summed E-state index contributed by atoms with van der Waals surface area (Å²) in [5.41, 5.74) is 0.185. The van der Waals surface area contributed by atoms with E-state index in [9.17, 15) is 4.79 Å². The minimum Gasteiger partial charge on any atom is -0.468 e. The van der Waals surface area contributed by atoms with Crippen molar-refractivity contribution in [1.29, 1.82) is 0 Å². The fourth-order valence-corrected chi connectivity index (χ4v) is 1.46. The summed E-state index contributed by atoms with van der Waals surface area (Å²) in [6, 6.07) is 0. The van der Waals surface area contributed by atoms with E-state index in [0.29, 0.717) is 19.0 Å². The molecule has 0 aromatic carbocycles. The van der Waals surface area contributed by atoms with Crippen molar-refractivity contribution in [1.82, 2.24) is 5.32 Å². The van der Waals surface area contributed by atoms with Gasteiger partial charge in [-0.2, -0.15) is 0 Å². The van der Waals surface area contributed by atoms with Crippen LogP contribution in [0.4, 0.5) is 0 Å². The molecule has 5 heteroatoms. The van der Waals surface area contributed by atoms with E-state index >= 15 is 0 Å². The first-order valence-corrected chi connectivity index (χ1v) is 4.18. The molecule has 0 atom stereocenters. The quantitative estimate of drug-likeness (QED) is 0.418. The van der Waals surface area contributed by atoms with Crippen molar-refractivity contribution in [3.05, 3.63) is 0 Å². The third-order valence-corrected chi connectivity index (χ3v) is 2.67. The average molecular weight is 214 g/mol. The van der Waals surface area contributed by atoms with Gasteiger partial charge in [-0.1, -0.05) is 0 Å². The summed E-state index contributed by atoms with van der Waals surface area (Å²) in [7, 11) is 0. The molecule has 0 radical (unpaired) electrons. The molecular formula is C7H13Cl2NO2. The molecule has 1 fully saturated rings. The van der Waals surface area contributed by atoms with Gasteiger partial charge in [0.2, 0.25) is 0 Å². The van der Waals surface area contributed by atoms with Gasteiger partial charge in [0.25, 0.3) is 6.47 Å². The lowest BCUT2D eigenvalue weighted by atomic mass is 9.81. The average Bonchev–Trinajstić information content (AvgIpc) is 1.95. The van der Waals surface area contributed by atoms with Gasteiger partial charge in [0.1, 0.15) is 0 Å². The molecule has 1 saturated heterocycles. The molecule has 0 unspecified atom stereocenters. The van der Waals surface area contributed by atoms with Crippen molar-refractivity contribution in [2.75, 3.05) is 25.6 Å². The Kier molecular flexibility index (Phi) is 5.63. The molecule has 1 heterocycles. The Hall–Kier alpha value is 0.01000. The van der Waals surface area contributed by atoms with E-state index in [1.807, 2.05) is 0 Å². The van der Waals surface area contributed by atoms with Crippen molar-refractivity contribution >= 4 is 30.5 Å². The maximum absolute atomic E-state index is 9.81. The van der Waals surface area contributed by atoms with Gasteiger partial charge in [-0.05, 0) is 6.42 Å². The fraction of sp³-hybridized carbons (Fsp3) is 0.857. The number of carbonyl (C=O) groups is 1. The van der Waals surface area contributed by atoms with Crippen molar-refractivity contribution in [2.24, 2.45) is 5.41 Å². The van der Waals surface area contributed by atoms with E-state index < -0.39 is 0 Å². The number of carbonyl (C=O) groups excluding carboxylic acids is 1. The second-order valence-corrected chi connectivity index (χ2v) is 3.22. The molecule has 0 aliphatic carbocycles. The molecular weight excluding hydrogens is 201 g/mol. The highest BCUT2D eigenvalue weighted by molar-refractivity contribution is 6.18. The predicted molar refractivity (Wildman–Crippen MR) is 49.9 cm³/mol. The lowest BCUT2D eigenvalue weighted by molar-refractivity contribution is -0.129. The molecule has 12 heavy (non-hydrogen) atoms. The summed E-state index contributed by atoms with van der Waals surface area (Å²) in [4.78, 5) is 9.81. The van der Waals surface area contributed by atoms with Gasteiger partial charge >= 0.3 is 0 Å². The maximum atomic E-state index is 9.81. The third kappa shape index (κ3) is 2.81. The number of halogens is 2. The predicted octanol–water partition coefficient (Wildman–Crippen LogP) is 0.800. The van der Waals surface area contributed by atoms with Gasteiger partial charge in [0.15, 0.2) is 0 Å². The van der Waals surface area contributed by atoms with Gasteiger partial charge in [-0.25, -0.2) is 0 Å². The van der Waals surface area contributed by atoms with Crippen LogP contribution in [0.3, 0.4) is 0 Å². The standard InChI is InChI=1S/C7H12ClNO2.ClH/c8-3-7(4-9-5-7)1-2-11-6-10;/h6,9H,1-5H2;1H. The molecule has 0 aromatic heterocycles. The smallest absolute Gasteiger partial charge is 0.293 e. The summed E-state index contributed by atoms with van der Waals surface area (Å²) in [6.07, 6.45) is 0.863. The topological polar surface area (TPSA) is 38.3 Å². The highest BCUT2D eigenvalue weighted by Crippen LogP contribution is 2.28. The Morgan fingerprint density at radius 1 is 1.58 bits per heavy atom. The minimum absolute atomic E-state index is 0. The van der Waals surface area contributed by atoms with Crippen LogP contribution in [0.2, 0.25) is 0 Å². The van der Waals surface area contributed by atoms with Crippen molar-refractivity contribution < 1.29 is 9.53 Å². The van der Waals surface area contributed by atoms with Crippen LogP contribution in [-0.4, -0.2) is 32.0 Å². The molecule has 0 spiro atoms. The highest BCUT2D eigenvalue weighted by atomic mass is 35.5. The van der Waals surface area contributed by atoms with Crippen LogP contribution < -0.4 is 5.32 Å². The Labute approximate surface area is 83.2 Å². The minimum atomic E-state index is 0. The SMILES string of the molecule is Cl.O=COCCC1(CCl)CNC1. The molecule has 0 amide bonds. The van der Waals surface area contributed by atoms with Gasteiger partial charge in [0, 0.05) is 24.4 Å². The van der Waals surface area contributed by atoms with Crippen molar-refractivity contribution in [3.8, 4) is 0 Å². The van der Waals surface area contributed by atoms with E-state index in [4.69, 9.17) is 11.6 Å². The van der Waals surface area contributed by atoms with Gasteiger partial charge in [-0.3, -0.25) is 4.79 Å². The van der Waals surface area contributed by atoms with Crippen LogP contribution in [0, 0.1) is 5.41 Å². The summed E-state index contributed by atoms with van der Waals surface area (Å²) >= 11 is 5.76. The van der Waals surface area contributed by atoms with E-state index in [1.165, 1.54) is 0 Å². The molecule has 0 saturated carbocycles. The van der Waals surface area contributed by atoms with Crippen LogP contribution in [0.25, 0.3) is 0 Å². The fourth-order valence-electron chi connectivity index (χ4n) is 1.14. The highest BCUT2D eigenvalue weighted by Gasteiger charge is 2.35.